The van der Waals surface area contributed by atoms with E-state index in [0.29, 0.717) is 5.75 Å². The minimum Gasteiger partial charge on any atom is -0.376 e. The number of aryl methyl sites for hydroxylation is 1. The molecule has 1 fully saturated rings. The average molecular weight is 446 g/mol. The molecule has 6 heteroatoms. The van der Waals surface area contributed by atoms with E-state index in [9.17, 15) is 4.79 Å². The van der Waals surface area contributed by atoms with Gasteiger partial charge in [-0.05, 0) is 57.0 Å². The summed E-state index contributed by atoms with van der Waals surface area (Å²) in [4.78, 5) is 18.0. The molecule has 1 aliphatic heterocycles. The Kier molecular flexibility index (Phi) is 5.89. The van der Waals surface area contributed by atoms with Crippen molar-refractivity contribution < 1.29 is 9.53 Å². The lowest BCUT2D eigenvalue weighted by molar-refractivity contribution is 0.0957. The first kappa shape index (κ1) is 21.0. The van der Waals surface area contributed by atoms with Crippen LogP contribution in [0.15, 0.2) is 65.8 Å². The predicted octanol–water partition coefficient (Wildman–Crippen LogP) is 5.60. The average Bonchev–Trinajstić information content (AvgIpc) is 3.52. The number of para-hydroxylation sites is 3. The lowest BCUT2D eigenvalue weighted by Crippen LogP contribution is -2.17. The van der Waals surface area contributed by atoms with Crippen molar-refractivity contribution >= 4 is 28.6 Å². The zero-order valence-corrected chi connectivity index (χ0v) is 19.3. The first-order valence-electron chi connectivity index (χ1n) is 11.1. The van der Waals surface area contributed by atoms with Gasteiger partial charge >= 0.3 is 0 Å². The molecule has 0 saturated carbocycles. The number of imidazole rings is 1. The SMILES string of the molecule is Cc1cc(C(=O)CSc2nc3ccccc3n2-c2ccccc2)c(C)n1CC1CCCO1. The van der Waals surface area contributed by atoms with E-state index in [2.05, 4.69) is 34.3 Å². The van der Waals surface area contributed by atoms with Gasteiger partial charge in [0.1, 0.15) is 0 Å². The number of aromatic nitrogens is 3. The van der Waals surface area contributed by atoms with E-state index in [0.717, 1.165) is 64.8 Å². The van der Waals surface area contributed by atoms with Crippen molar-refractivity contribution in [3.05, 3.63) is 77.6 Å². The van der Waals surface area contributed by atoms with Gasteiger partial charge in [0.05, 0.1) is 22.9 Å². The van der Waals surface area contributed by atoms with Gasteiger partial charge in [-0.2, -0.15) is 0 Å². The maximum absolute atomic E-state index is 13.2. The molecule has 0 radical (unpaired) electrons. The second-order valence-electron chi connectivity index (χ2n) is 8.30. The summed E-state index contributed by atoms with van der Waals surface area (Å²) in [6.07, 6.45) is 2.46. The highest BCUT2D eigenvalue weighted by molar-refractivity contribution is 7.99. The van der Waals surface area contributed by atoms with Crippen molar-refractivity contribution in [1.82, 2.24) is 14.1 Å². The summed E-state index contributed by atoms with van der Waals surface area (Å²) < 4.78 is 10.2. The van der Waals surface area contributed by atoms with E-state index in [1.165, 1.54) is 11.8 Å². The van der Waals surface area contributed by atoms with Crippen molar-refractivity contribution in [1.29, 1.82) is 0 Å². The van der Waals surface area contributed by atoms with Crippen LogP contribution < -0.4 is 0 Å². The van der Waals surface area contributed by atoms with E-state index < -0.39 is 0 Å². The first-order valence-corrected chi connectivity index (χ1v) is 12.1. The van der Waals surface area contributed by atoms with Crippen molar-refractivity contribution in [2.24, 2.45) is 0 Å². The topological polar surface area (TPSA) is 49.0 Å². The maximum Gasteiger partial charge on any atom is 0.175 e. The number of thioether (sulfide) groups is 1. The molecule has 1 saturated heterocycles. The molecule has 0 bridgehead atoms. The molecule has 0 N–H and O–H groups in total. The summed E-state index contributed by atoms with van der Waals surface area (Å²) >= 11 is 1.50. The second-order valence-corrected chi connectivity index (χ2v) is 9.24. The Morgan fingerprint density at radius 1 is 1.12 bits per heavy atom. The minimum absolute atomic E-state index is 0.133. The largest absolute Gasteiger partial charge is 0.376 e. The smallest absolute Gasteiger partial charge is 0.175 e. The fourth-order valence-electron chi connectivity index (χ4n) is 4.49. The van der Waals surface area contributed by atoms with Crippen LogP contribution in [0.3, 0.4) is 0 Å². The fourth-order valence-corrected chi connectivity index (χ4v) is 5.40. The lowest BCUT2D eigenvalue weighted by atomic mass is 10.2. The number of benzene rings is 2. The molecule has 1 aliphatic rings. The number of rotatable bonds is 7. The highest BCUT2D eigenvalue weighted by Crippen LogP contribution is 2.29. The van der Waals surface area contributed by atoms with Gasteiger partial charge in [0, 0.05) is 35.8 Å². The van der Waals surface area contributed by atoms with Gasteiger partial charge in [-0.1, -0.05) is 42.1 Å². The van der Waals surface area contributed by atoms with Crippen molar-refractivity contribution in [3.8, 4) is 5.69 Å². The molecule has 1 atom stereocenters. The number of Topliss-reactive ketones (excluding diaryl/α,β-unsaturated/α-hetero) is 1. The van der Waals surface area contributed by atoms with Crippen molar-refractivity contribution in [3.63, 3.8) is 0 Å². The molecule has 5 nitrogen and oxygen atoms in total. The monoisotopic (exact) mass is 445 g/mol. The lowest BCUT2D eigenvalue weighted by Gasteiger charge is -2.14. The molecule has 3 heterocycles. The molecule has 2 aromatic carbocycles. The number of hydrogen-bond acceptors (Lipinski definition) is 4. The highest BCUT2D eigenvalue weighted by Gasteiger charge is 2.22. The van der Waals surface area contributed by atoms with Crippen LogP contribution >= 0.6 is 11.8 Å². The molecule has 0 aliphatic carbocycles. The summed E-state index contributed by atoms with van der Waals surface area (Å²) in [5, 5.41) is 0.832. The number of carbonyl (C=O) groups excluding carboxylic acids is 1. The molecule has 5 rings (SSSR count). The third-order valence-electron chi connectivity index (χ3n) is 6.16. The van der Waals surface area contributed by atoms with Gasteiger partial charge in [0.15, 0.2) is 10.9 Å². The summed E-state index contributed by atoms with van der Waals surface area (Å²) in [5.41, 5.74) is 5.97. The van der Waals surface area contributed by atoms with Crippen LogP contribution in [0.4, 0.5) is 0 Å². The molecule has 164 valence electrons. The molecule has 4 aromatic rings. The Morgan fingerprint density at radius 3 is 2.69 bits per heavy atom. The Morgan fingerprint density at radius 2 is 1.91 bits per heavy atom. The molecule has 2 aromatic heterocycles. The number of ether oxygens (including phenoxy) is 1. The Bertz CT molecular complexity index is 1250. The zero-order chi connectivity index (χ0) is 22.1. The summed E-state index contributed by atoms with van der Waals surface area (Å²) in [6.45, 7) is 5.77. The third kappa shape index (κ3) is 4.00. The first-order chi connectivity index (χ1) is 15.6. The molecule has 32 heavy (non-hydrogen) atoms. The van der Waals surface area contributed by atoms with E-state index in [4.69, 9.17) is 9.72 Å². The van der Waals surface area contributed by atoms with Crippen LogP contribution in [0.2, 0.25) is 0 Å². The molecular weight excluding hydrogens is 418 g/mol. The molecule has 1 unspecified atom stereocenters. The number of hydrogen-bond donors (Lipinski definition) is 0. The molecule has 0 amide bonds. The minimum atomic E-state index is 0.133. The fraction of sp³-hybridized carbons (Fsp3) is 0.308. The van der Waals surface area contributed by atoms with E-state index in [1.807, 2.05) is 49.4 Å². The quantitative estimate of drug-likeness (QED) is 0.275. The van der Waals surface area contributed by atoms with Gasteiger partial charge in [-0.3, -0.25) is 9.36 Å². The van der Waals surface area contributed by atoms with Crippen molar-refractivity contribution in [2.45, 2.75) is 44.5 Å². The molecule has 0 spiro atoms. The van der Waals surface area contributed by atoms with E-state index in [-0.39, 0.29) is 11.9 Å². The highest BCUT2D eigenvalue weighted by atomic mass is 32.2. The summed E-state index contributed by atoms with van der Waals surface area (Å²) in [5.74, 6) is 0.480. The summed E-state index contributed by atoms with van der Waals surface area (Å²) in [6, 6.07) is 20.3. The van der Waals surface area contributed by atoms with Gasteiger partial charge in [0.2, 0.25) is 0 Å². The number of fused-ring (bicyclic) bond motifs is 1. The van der Waals surface area contributed by atoms with Crippen LogP contribution in [-0.2, 0) is 11.3 Å². The standard InChI is InChI=1S/C26H27N3O2S/c1-18-15-22(19(2)28(18)16-21-11-8-14-31-21)25(30)17-32-26-27-23-12-6-7-13-24(23)29(26)20-9-4-3-5-10-20/h3-7,9-10,12-13,15,21H,8,11,14,16-17H2,1-2H3. The molecular formula is C26H27N3O2S. The maximum atomic E-state index is 13.2. The van der Waals surface area contributed by atoms with E-state index in [1.54, 1.807) is 0 Å². The second kappa shape index (κ2) is 8.96. The Labute approximate surface area is 192 Å². The van der Waals surface area contributed by atoms with Crippen LogP contribution in [0.5, 0.6) is 0 Å². The van der Waals surface area contributed by atoms with Crippen LogP contribution in [0.25, 0.3) is 16.7 Å². The van der Waals surface area contributed by atoms with Gasteiger partial charge < -0.3 is 9.30 Å². The Hall–Kier alpha value is -2.83. The van der Waals surface area contributed by atoms with E-state index >= 15 is 0 Å². The Balaban J connectivity index is 1.39. The third-order valence-corrected chi connectivity index (χ3v) is 7.10. The number of carbonyl (C=O) groups is 1. The zero-order valence-electron chi connectivity index (χ0n) is 18.5. The number of ketones is 1. The normalized spacial score (nSPS) is 16.1. The predicted molar refractivity (Wildman–Crippen MR) is 129 cm³/mol. The van der Waals surface area contributed by atoms with Crippen LogP contribution in [0.1, 0.15) is 34.6 Å². The van der Waals surface area contributed by atoms with Crippen molar-refractivity contribution in [2.75, 3.05) is 12.4 Å². The number of nitrogens with zero attached hydrogens (tertiary/aromatic N) is 3. The summed E-state index contributed by atoms with van der Waals surface area (Å²) in [7, 11) is 0. The van der Waals surface area contributed by atoms with Gasteiger partial charge in [-0.25, -0.2) is 4.98 Å². The van der Waals surface area contributed by atoms with Crippen LogP contribution in [0, 0.1) is 13.8 Å². The van der Waals surface area contributed by atoms with Crippen LogP contribution in [-0.4, -0.2) is 38.4 Å². The van der Waals surface area contributed by atoms with Gasteiger partial charge in [0.25, 0.3) is 0 Å². The van der Waals surface area contributed by atoms with Gasteiger partial charge in [-0.15, -0.1) is 0 Å².